The Hall–Kier alpha value is -2.31. The van der Waals surface area contributed by atoms with E-state index in [-0.39, 0.29) is 27.4 Å². The zero-order valence-corrected chi connectivity index (χ0v) is 32.7. The maximum absolute atomic E-state index is 6.47. The van der Waals surface area contributed by atoms with E-state index >= 15 is 0 Å². The summed E-state index contributed by atoms with van der Waals surface area (Å²) in [6.07, 6.45) is 1.18. The van der Waals surface area contributed by atoms with Crippen molar-refractivity contribution < 1.29 is 19.5 Å². The predicted molar refractivity (Wildman–Crippen MR) is 214 cm³/mol. The third-order valence-corrected chi connectivity index (χ3v) is 14.4. The first-order valence-electron chi connectivity index (χ1n) is 15.7. The molecule has 6 rings (SSSR count). The van der Waals surface area contributed by atoms with E-state index in [4.69, 9.17) is 23.2 Å². The van der Waals surface area contributed by atoms with Gasteiger partial charge in [-0.1, -0.05) is 174 Å². The van der Waals surface area contributed by atoms with Gasteiger partial charge in [-0.15, -0.1) is 11.8 Å². The summed E-state index contributed by atoms with van der Waals surface area (Å²) in [5.74, 6) is 1.11. The van der Waals surface area contributed by atoms with Gasteiger partial charge in [-0.3, -0.25) is 0 Å². The van der Waals surface area contributed by atoms with Crippen LogP contribution in [0.1, 0.15) is 5.56 Å². The molecule has 0 amide bonds. The van der Waals surface area contributed by atoms with Crippen molar-refractivity contribution in [3.63, 3.8) is 0 Å². The van der Waals surface area contributed by atoms with E-state index in [0.717, 1.165) is 24.1 Å². The Morgan fingerprint density at radius 1 is 0.542 bits per heavy atom. The summed E-state index contributed by atoms with van der Waals surface area (Å²) in [5, 5.41) is 11.4. The minimum absolute atomic E-state index is 0. The van der Waals surface area contributed by atoms with E-state index in [1.165, 1.54) is 37.8 Å². The minimum atomic E-state index is -0.699. The van der Waals surface area contributed by atoms with Crippen molar-refractivity contribution in [2.45, 2.75) is 11.8 Å². The SMILES string of the molecule is Cc1ccc(SCCNCCP(c2ccccc2)c2ccccc2)cc1.Clc1cccc(P(c2ccccc2)c2ccccc2)c1Cl.[Ru+2]. The van der Waals surface area contributed by atoms with E-state index in [9.17, 15) is 0 Å². The molecule has 7 heteroatoms. The molecule has 0 heterocycles. The number of nitrogens with one attached hydrogen (secondary N) is 1. The van der Waals surface area contributed by atoms with Crippen LogP contribution in [0.2, 0.25) is 10.0 Å². The van der Waals surface area contributed by atoms with Crippen molar-refractivity contribution in [3.8, 4) is 0 Å². The molecule has 0 aliphatic rings. The smallest absolute Gasteiger partial charge is 0.316 e. The number of hydrogen-bond acceptors (Lipinski definition) is 2. The van der Waals surface area contributed by atoms with Crippen molar-refractivity contribution in [2.24, 2.45) is 0 Å². The van der Waals surface area contributed by atoms with Gasteiger partial charge in [0.1, 0.15) is 0 Å². The maximum Gasteiger partial charge on any atom is 2.00 e. The number of aryl methyl sites for hydroxylation is 1. The first kappa shape index (κ1) is 38.5. The van der Waals surface area contributed by atoms with E-state index in [1.54, 1.807) is 0 Å². The van der Waals surface area contributed by atoms with Gasteiger partial charge in [0.05, 0.1) is 10.0 Å². The molecule has 6 aromatic carbocycles. The van der Waals surface area contributed by atoms with E-state index < -0.39 is 7.92 Å². The fourth-order valence-corrected chi connectivity index (χ4v) is 11.1. The fourth-order valence-electron chi connectivity index (χ4n) is 5.06. The van der Waals surface area contributed by atoms with Gasteiger partial charge in [-0.25, -0.2) is 0 Å². The molecule has 0 atom stereocenters. The summed E-state index contributed by atoms with van der Waals surface area (Å²) in [5.41, 5.74) is 1.32. The Bertz CT molecular complexity index is 1680. The third kappa shape index (κ3) is 11.6. The average molecular weight is 812 g/mol. The van der Waals surface area contributed by atoms with Gasteiger partial charge in [0.15, 0.2) is 0 Å². The first-order chi connectivity index (χ1) is 23.1. The maximum atomic E-state index is 6.47. The molecule has 1 nitrogen and oxygen atoms in total. The average Bonchev–Trinajstić information content (AvgIpc) is 3.13. The fraction of sp³-hybridized carbons (Fsp3) is 0.122. The molecule has 0 radical (unpaired) electrons. The van der Waals surface area contributed by atoms with Crippen LogP contribution in [0.4, 0.5) is 0 Å². The second-order valence-electron chi connectivity index (χ2n) is 10.8. The largest absolute Gasteiger partial charge is 2.00 e. The summed E-state index contributed by atoms with van der Waals surface area (Å²) in [6.45, 7) is 4.24. The number of hydrogen-bond donors (Lipinski definition) is 1. The number of thioether (sulfide) groups is 1. The minimum Gasteiger partial charge on any atom is -0.316 e. The van der Waals surface area contributed by atoms with Gasteiger partial charge in [-0.2, -0.15) is 0 Å². The Kier molecular flexibility index (Phi) is 16.9. The number of rotatable bonds is 12. The van der Waals surface area contributed by atoms with Gasteiger partial charge in [0.2, 0.25) is 0 Å². The van der Waals surface area contributed by atoms with Crippen LogP contribution in [-0.4, -0.2) is 25.0 Å². The van der Waals surface area contributed by atoms with Crippen LogP contribution in [0, 0.1) is 6.92 Å². The van der Waals surface area contributed by atoms with Crippen molar-refractivity contribution in [1.29, 1.82) is 0 Å². The number of benzene rings is 6. The van der Waals surface area contributed by atoms with Gasteiger partial charge in [0.25, 0.3) is 0 Å². The molecule has 0 saturated carbocycles. The third-order valence-electron chi connectivity index (χ3n) is 7.42. The zero-order chi connectivity index (χ0) is 32.7. The van der Waals surface area contributed by atoms with E-state index in [2.05, 4.69) is 152 Å². The molecule has 0 bridgehead atoms. The Labute approximate surface area is 316 Å². The summed E-state index contributed by atoms with van der Waals surface area (Å²) >= 11 is 14.6. The topological polar surface area (TPSA) is 12.0 Å². The Morgan fingerprint density at radius 3 is 1.52 bits per heavy atom. The van der Waals surface area contributed by atoms with Crippen molar-refractivity contribution in [2.75, 3.05) is 25.0 Å². The molecule has 244 valence electrons. The summed E-state index contributed by atoms with van der Waals surface area (Å²) in [7, 11) is -0.988. The molecule has 0 fully saturated rings. The Balaban J connectivity index is 0.000000217. The van der Waals surface area contributed by atoms with Crippen LogP contribution in [0.25, 0.3) is 0 Å². The van der Waals surface area contributed by atoms with E-state index in [1.807, 2.05) is 36.0 Å². The molecular weight excluding hydrogens is 772 g/mol. The quantitative estimate of drug-likeness (QED) is 0.0573. The van der Waals surface area contributed by atoms with Crippen molar-refractivity contribution >= 4 is 77.3 Å². The van der Waals surface area contributed by atoms with Gasteiger partial charge in [-0.05, 0) is 74.9 Å². The first-order valence-corrected chi connectivity index (χ1v) is 20.3. The molecule has 48 heavy (non-hydrogen) atoms. The second-order valence-corrected chi connectivity index (χ2v) is 17.3. The van der Waals surface area contributed by atoms with Gasteiger partial charge >= 0.3 is 19.5 Å². The van der Waals surface area contributed by atoms with Crippen LogP contribution in [0.3, 0.4) is 0 Å². The summed E-state index contributed by atoms with van der Waals surface area (Å²) in [6, 6.07) is 57.4. The summed E-state index contributed by atoms with van der Waals surface area (Å²) < 4.78 is 0. The van der Waals surface area contributed by atoms with Crippen LogP contribution < -0.4 is 31.8 Å². The monoisotopic (exact) mass is 811 g/mol. The molecule has 0 saturated heterocycles. The Morgan fingerprint density at radius 2 is 1.02 bits per heavy atom. The van der Waals surface area contributed by atoms with Crippen LogP contribution in [0.15, 0.2) is 169 Å². The van der Waals surface area contributed by atoms with Crippen molar-refractivity contribution in [3.05, 3.63) is 179 Å². The van der Waals surface area contributed by atoms with Gasteiger partial charge in [0, 0.05) is 22.5 Å². The van der Waals surface area contributed by atoms with E-state index in [0.29, 0.717) is 10.0 Å². The van der Waals surface area contributed by atoms with Crippen LogP contribution in [-0.2, 0) is 19.5 Å². The van der Waals surface area contributed by atoms with Crippen LogP contribution >= 0.6 is 50.8 Å². The molecule has 0 spiro atoms. The van der Waals surface area contributed by atoms with Crippen molar-refractivity contribution in [1.82, 2.24) is 5.32 Å². The standard InChI is InChI=1S/C23H26NPS.C18H13Cl2P.Ru/c1-20-12-14-23(15-13-20)26-19-17-24-16-18-25(21-8-4-2-5-9-21)22-10-6-3-7-11-22;19-16-12-7-13-17(18(16)20)21(14-8-3-1-4-9-14)15-10-5-2-6-11-15;/h2-15,24H,16-19H2,1H3;1-13H;/q;;+2. The summed E-state index contributed by atoms with van der Waals surface area (Å²) in [4.78, 5) is 1.35. The molecular formula is C41H39Cl2NP2RuS+2. The zero-order valence-electron chi connectivity index (χ0n) is 26.8. The normalized spacial score (nSPS) is 10.7. The molecule has 6 aromatic rings. The molecule has 0 unspecified atom stereocenters. The molecule has 0 aromatic heterocycles. The molecule has 1 N–H and O–H groups in total. The molecule has 0 aliphatic heterocycles. The van der Waals surface area contributed by atoms with Crippen LogP contribution in [0.5, 0.6) is 0 Å². The second kappa shape index (κ2) is 21.0. The van der Waals surface area contributed by atoms with Gasteiger partial charge < -0.3 is 5.32 Å². The molecule has 0 aliphatic carbocycles. The predicted octanol–water partition coefficient (Wildman–Crippen LogP) is 9.56. The number of halogens is 2.